The molecule has 3 atom stereocenters. The van der Waals surface area contributed by atoms with E-state index in [9.17, 15) is 0 Å². The topological polar surface area (TPSA) is 37.8 Å². The zero-order valence-corrected chi connectivity index (χ0v) is 12.8. The highest BCUT2D eigenvalue weighted by atomic mass is 15.0. The largest absolute Gasteiger partial charge is 0.380 e. The van der Waals surface area contributed by atoms with Crippen molar-refractivity contribution in [1.29, 1.82) is 0 Å². The van der Waals surface area contributed by atoms with Gasteiger partial charge in [0, 0.05) is 11.6 Å². The molecule has 1 aliphatic carbocycles. The first-order valence-electron chi connectivity index (χ1n) is 7.86. The SMILES string of the molecule is CC1CCC(Nc2cnc(-c3ccccc3)nc2)C(C)C1. The van der Waals surface area contributed by atoms with Gasteiger partial charge in [0.2, 0.25) is 0 Å². The number of hydrogen-bond acceptors (Lipinski definition) is 3. The van der Waals surface area contributed by atoms with E-state index < -0.39 is 0 Å². The van der Waals surface area contributed by atoms with Gasteiger partial charge in [-0.1, -0.05) is 44.2 Å². The monoisotopic (exact) mass is 281 g/mol. The van der Waals surface area contributed by atoms with Crippen LogP contribution in [0.25, 0.3) is 11.4 Å². The Bertz CT molecular complexity index is 565. The highest BCUT2D eigenvalue weighted by Gasteiger charge is 2.25. The molecular formula is C18H23N3. The van der Waals surface area contributed by atoms with Gasteiger partial charge < -0.3 is 5.32 Å². The maximum absolute atomic E-state index is 4.48. The second-order valence-corrected chi connectivity index (χ2v) is 6.31. The molecule has 0 bridgehead atoms. The zero-order valence-electron chi connectivity index (χ0n) is 12.8. The van der Waals surface area contributed by atoms with E-state index in [4.69, 9.17) is 0 Å². The summed E-state index contributed by atoms with van der Waals surface area (Å²) in [5.41, 5.74) is 2.09. The molecule has 1 fully saturated rings. The van der Waals surface area contributed by atoms with E-state index in [1.165, 1.54) is 19.3 Å². The Morgan fingerprint density at radius 3 is 2.38 bits per heavy atom. The first kappa shape index (κ1) is 14.1. The summed E-state index contributed by atoms with van der Waals surface area (Å²) in [6, 6.07) is 10.6. The molecule has 2 aromatic rings. The molecule has 1 N–H and O–H groups in total. The van der Waals surface area contributed by atoms with Crippen LogP contribution in [0.1, 0.15) is 33.1 Å². The highest BCUT2D eigenvalue weighted by Crippen LogP contribution is 2.30. The van der Waals surface area contributed by atoms with Crippen LogP contribution in [0.4, 0.5) is 5.69 Å². The van der Waals surface area contributed by atoms with Crippen molar-refractivity contribution >= 4 is 5.69 Å². The molecule has 3 rings (SSSR count). The smallest absolute Gasteiger partial charge is 0.159 e. The molecule has 3 nitrogen and oxygen atoms in total. The van der Waals surface area contributed by atoms with Gasteiger partial charge in [-0.05, 0) is 31.1 Å². The number of rotatable bonds is 3. The lowest BCUT2D eigenvalue weighted by Crippen LogP contribution is -2.33. The molecule has 0 spiro atoms. The first-order chi connectivity index (χ1) is 10.2. The van der Waals surface area contributed by atoms with E-state index in [1.807, 2.05) is 42.7 Å². The summed E-state index contributed by atoms with van der Waals surface area (Å²) in [5.74, 6) is 2.35. The lowest BCUT2D eigenvalue weighted by Gasteiger charge is -2.33. The third-order valence-corrected chi connectivity index (χ3v) is 4.47. The number of nitrogens with one attached hydrogen (secondary N) is 1. The van der Waals surface area contributed by atoms with E-state index in [2.05, 4.69) is 29.1 Å². The standard InChI is InChI=1S/C18H23N3/c1-13-8-9-17(14(2)10-13)21-16-11-19-18(20-12-16)15-6-4-3-5-7-15/h3-7,11-14,17,21H,8-10H2,1-2H3. The van der Waals surface area contributed by atoms with Gasteiger partial charge in [-0.15, -0.1) is 0 Å². The molecule has 1 heterocycles. The van der Waals surface area contributed by atoms with Crippen molar-refractivity contribution in [2.45, 2.75) is 39.2 Å². The molecule has 0 saturated heterocycles. The summed E-state index contributed by atoms with van der Waals surface area (Å²) in [4.78, 5) is 8.96. The van der Waals surface area contributed by atoms with Gasteiger partial charge in [0.25, 0.3) is 0 Å². The number of anilines is 1. The van der Waals surface area contributed by atoms with Crippen LogP contribution in [0.2, 0.25) is 0 Å². The summed E-state index contributed by atoms with van der Waals surface area (Å²) in [7, 11) is 0. The minimum atomic E-state index is 0.548. The van der Waals surface area contributed by atoms with Crippen molar-refractivity contribution in [3.63, 3.8) is 0 Å². The Kier molecular flexibility index (Phi) is 4.18. The highest BCUT2D eigenvalue weighted by molar-refractivity contribution is 5.55. The molecular weight excluding hydrogens is 258 g/mol. The van der Waals surface area contributed by atoms with E-state index in [0.29, 0.717) is 12.0 Å². The van der Waals surface area contributed by atoms with E-state index in [-0.39, 0.29) is 0 Å². The minimum Gasteiger partial charge on any atom is -0.380 e. The molecule has 0 amide bonds. The fourth-order valence-electron chi connectivity index (χ4n) is 3.23. The van der Waals surface area contributed by atoms with Gasteiger partial charge in [0.1, 0.15) is 0 Å². The van der Waals surface area contributed by atoms with Gasteiger partial charge in [0.15, 0.2) is 5.82 Å². The molecule has 3 heteroatoms. The molecule has 1 aromatic heterocycles. The Hall–Kier alpha value is -1.90. The quantitative estimate of drug-likeness (QED) is 0.907. The molecule has 1 aliphatic rings. The van der Waals surface area contributed by atoms with Gasteiger partial charge in [-0.25, -0.2) is 9.97 Å². The van der Waals surface area contributed by atoms with Crippen molar-refractivity contribution < 1.29 is 0 Å². The normalized spacial score (nSPS) is 25.5. The van der Waals surface area contributed by atoms with Crippen LogP contribution in [0.5, 0.6) is 0 Å². The van der Waals surface area contributed by atoms with Crippen molar-refractivity contribution in [3.05, 3.63) is 42.7 Å². The average Bonchev–Trinajstić information content (AvgIpc) is 2.52. The van der Waals surface area contributed by atoms with Crippen molar-refractivity contribution in [2.24, 2.45) is 11.8 Å². The third kappa shape index (κ3) is 3.41. The maximum atomic E-state index is 4.48. The van der Waals surface area contributed by atoms with Crippen molar-refractivity contribution in [2.75, 3.05) is 5.32 Å². The van der Waals surface area contributed by atoms with Crippen LogP contribution in [0, 0.1) is 11.8 Å². The summed E-state index contributed by atoms with van der Waals surface area (Å²) in [6.07, 6.45) is 7.66. The van der Waals surface area contributed by atoms with Crippen LogP contribution < -0.4 is 5.32 Å². The van der Waals surface area contributed by atoms with Crippen LogP contribution in [-0.4, -0.2) is 16.0 Å². The van der Waals surface area contributed by atoms with Crippen molar-refractivity contribution in [1.82, 2.24) is 9.97 Å². The second kappa shape index (κ2) is 6.25. The van der Waals surface area contributed by atoms with E-state index in [1.54, 1.807) is 0 Å². The second-order valence-electron chi connectivity index (χ2n) is 6.31. The Morgan fingerprint density at radius 1 is 1.00 bits per heavy atom. The van der Waals surface area contributed by atoms with E-state index >= 15 is 0 Å². The number of benzene rings is 1. The maximum Gasteiger partial charge on any atom is 0.159 e. The Labute approximate surface area is 126 Å². The number of aromatic nitrogens is 2. The third-order valence-electron chi connectivity index (χ3n) is 4.47. The van der Waals surface area contributed by atoms with Crippen molar-refractivity contribution in [3.8, 4) is 11.4 Å². The molecule has 3 unspecified atom stereocenters. The summed E-state index contributed by atoms with van der Waals surface area (Å²) >= 11 is 0. The molecule has 0 radical (unpaired) electrons. The predicted molar refractivity (Wildman–Crippen MR) is 87.1 cm³/mol. The van der Waals surface area contributed by atoms with Gasteiger partial charge in [0.05, 0.1) is 18.1 Å². The minimum absolute atomic E-state index is 0.548. The van der Waals surface area contributed by atoms with E-state index in [0.717, 1.165) is 23.0 Å². The van der Waals surface area contributed by atoms with Gasteiger partial charge in [-0.2, -0.15) is 0 Å². The van der Waals surface area contributed by atoms with Crippen LogP contribution in [0.15, 0.2) is 42.7 Å². The van der Waals surface area contributed by atoms with Crippen LogP contribution in [-0.2, 0) is 0 Å². The van der Waals surface area contributed by atoms with Crippen LogP contribution in [0.3, 0.4) is 0 Å². The summed E-state index contributed by atoms with van der Waals surface area (Å²) < 4.78 is 0. The molecule has 1 aromatic carbocycles. The predicted octanol–water partition coefficient (Wildman–Crippen LogP) is 4.38. The van der Waals surface area contributed by atoms with Gasteiger partial charge in [-0.3, -0.25) is 0 Å². The first-order valence-corrected chi connectivity index (χ1v) is 7.86. The Balaban J connectivity index is 1.67. The molecule has 21 heavy (non-hydrogen) atoms. The van der Waals surface area contributed by atoms with Crippen LogP contribution >= 0.6 is 0 Å². The lowest BCUT2D eigenvalue weighted by molar-refractivity contribution is 0.276. The number of nitrogens with zero attached hydrogens (tertiary/aromatic N) is 2. The summed E-state index contributed by atoms with van der Waals surface area (Å²) in [6.45, 7) is 4.69. The average molecular weight is 281 g/mol. The molecule has 110 valence electrons. The fourth-order valence-corrected chi connectivity index (χ4v) is 3.23. The molecule has 0 aliphatic heterocycles. The lowest BCUT2D eigenvalue weighted by atomic mass is 9.80. The fraction of sp³-hybridized carbons (Fsp3) is 0.444. The molecule has 1 saturated carbocycles. The Morgan fingerprint density at radius 2 is 1.71 bits per heavy atom. The zero-order chi connectivity index (χ0) is 14.7. The number of hydrogen-bond donors (Lipinski definition) is 1. The van der Waals surface area contributed by atoms with Gasteiger partial charge >= 0.3 is 0 Å². The summed E-state index contributed by atoms with van der Waals surface area (Å²) in [5, 5.41) is 3.60.